The minimum atomic E-state index is 0.0697. The highest BCUT2D eigenvalue weighted by atomic mass is 32.1. The fourth-order valence-corrected chi connectivity index (χ4v) is 2.49. The van der Waals surface area contributed by atoms with Gasteiger partial charge in [-0.3, -0.25) is 0 Å². The molecule has 1 aliphatic heterocycles. The zero-order valence-corrected chi connectivity index (χ0v) is 8.73. The molecule has 2 heterocycles. The first-order valence-electron chi connectivity index (χ1n) is 4.41. The quantitative estimate of drug-likeness (QED) is 0.745. The number of rotatable bonds is 1. The Bertz CT molecular complexity index is 295. The van der Waals surface area contributed by atoms with Gasteiger partial charge in [-0.25, -0.2) is 0 Å². The van der Waals surface area contributed by atoms with E-state index in [9.17, 15) is 0 Å². The zero-order valence-electron chi connectivity index (χ0n) is 7.91. The first-order chi connectivity index (χ1) is 6.20. The first kappa shape index (κ1) is 8.84. The van der Waals surface area contributed by atoms with Crippen molar-refractivity contribution in [2.24, 2.45) is 5.73 Å². The highest BCUT2D eigenvalue weighted by Gasteiger charge is 2.21. The Morgan fingerprint density at radius 1 is 1.69 bits per heavy atom. The van der Waals surface area contributed by atoms with Crippen LogP contribution in [0.1, 0.15) is 17.8 Å². The smallest absolute Gasteiger partial charge is 0.158 e. The Hall–Kier alpha value is -0.740. The van der Waals surface area contributed by atoms with Gasteiger partial charge in [0.05, 0.1) is 17.1 Å². The van der Waals surface area contributed by atoms with Crippen molar-refractivity contribution in [3.63, 3.8) is 0 Å². The van der Waals surface area contributed by atoms with Crippen LogP contribution < -0.4 is 15.4 Å². The maximum Gasteiger partial charge on any atom is 0.158 e. The van der Waals surface area contributed by atoms with E-state index in [1.54, 1.807) is 11.3 Å². The summed E-state index contributed by atoms with van der Waals surface area (Å²) in [5, 5.41) is 2.12. The maximum absolute atomic E-state index is 5.84. The van der Waals surface area contributed by atoms with Crippen LogP contribution in [0.15, 0.2) is 5.38 Å². The van der Waals surface area contributed by atoms with Crippen molar-refractivity contribution in [2.75, 3.05) is 25.1 Å². The predicted octanol–water partition coefficient (Wildman–Crippen LogP) is 1.60. The van der Waals surface area contributed by atoms with E-state index in [1.165, 1.54) is 5.69 Å². The minimum absolute atomic E-state index is 0.0697. The summed E-state index contributed by atoms with van der Waals surface area (Å²) >= 11 is 1.69. The van der Waals surface area contributed by atoms with E-state index in [0.717, 1.165) is 23.8 Å². The molecule has 0 fully saturated rings. The van der Waals surface area contributed by atoms with Crippen molar-refractivity contribution in [3.8, 4) is 5.75 Å². The van der Waals surface area contributed by atoms with Crippen molar-refractivity contribution < 1.29 is 4.74 Å². The van der Waals surface area contributed by atoms with Crippen LogP contribution in [0, 0.1) is 0 Å². The van der Waals surface area contributed by atoms with Crippen LogP contribution in [0.25, 0.3) is 0 Å². The normalized spacial score (nSPS) is 17.9. The highest BCUT2D eigenvalue weighted by Crippen LogP contribution is 2.41. The van der Waals surface area contributed by atoms with Crippen molar-refractivity contribution in [1.82, 2.24) is 0 Å². The van der Waals surface area contributed by atoms with Crippen LogP contribution >= 0.6 is 11.3 Å². The van der Waals surface area contributed by atoms with Gasteiger partial charge in [0, 0.05) is 18.5 Å². The average Bonchev–Trinajstić information content (AvgIpc) is 2.48. The Labute approximate surface area is 82.1 Å². The van der Waals surface area contributed by atoms with Gasteiger partial charge in [-0.05, 0) is 6.92 Å². The molecule has 1 aromatic rings. The van der Waals surface area contributed by atoms with Gasteiger partial charge in [-0.15, -0.1) is 11.3 Å². The standard InChI is InChI=1S/C9H14N2OS/c1-6(10)9-8-7(5-13-9)11(2)3-4-12-8/h5-6H,3-4,10H2,1-2H3. The summed E-state index contributed by atoms with van der Waals surface area (Å²) in [6.07, 6.45) is 0. The molecule has 1 unspecified atom stereocenters. The molecular formula is C9H14N2OS. The van der Waals surface area contributed by atoms with Crippen molar-refractivity contribution in [3.05, 3.63) is 10.3 Å². The summed E-state index contributed by atoms with van der Waals surface area (Å²) in [5.74, 6) is 0.994. The summed E-state index contributed by atoms with van der Waals surface area (Å²) < 4.78 is 5.62. The second-order valence-electron chi connectivity index (χ2n) is 3.37. The second kappa shape index (κ2) is 3.20. The summed E-state index contributed by atoms with van der Waals surface area (Å²) in [6.45, 7) is 3.71. The van der Waals surface area contributed by atoms with Crippen LogP contribution in [0.2, 0.25) is 0 Å². The number of fused-ring (bicyclic) bond motifs is 1. The molecule has 72 valence electrons. The van der Waals surface area contributed by atoms with E-state index in [2.05, 4.69) is 17.3 Å². The molecule has 0 amide bonds. The fraction of sp³-hybridized carbons (Fsp3) is 0.556. The summed E-state index contributed by atoms with van der Waals surface area (Å²) in [7, 11) is 2.08. The number of ether oxygens (including phenoxy) is 1. The molecule has 0 radical (unpaired) electrons. The van der Waals surface area contributed by atoms with Gasteiger partial charge < -0.3 is 15.4 Å². The molecule has 3 nitrogen and oxygen atoms in total. The Balaban J connectivity index is 2.41. The number of hydrogen-bond acceptors (Lipinski definition) is 4. The summed E-state index contributed by atoms with van der Waals surface area (Å²) in [5.41, 5.74) is 7.02. The second-order valence-corrected chi connectivity index (χ2v) is 4.28. The third-order valence-electron chi connectivity index (χ3n) is 2.25. The van der Waals surface area contributed by atoms with Crippen LogP contribution in [0.4, 0.5) is 5.69 Å². The Morgan fingerprint density at radius 2 is 2.46 bits per heavy atom. The third-order valence-corrected chi connectivity index (χ3v) is 3.40. The molecule has 0 saturated heterocycles. The van der Waals surface area contributed by atoms with E-state index in [-0.39, 0.29) is 6.04 Å². The number of nitrogens with zero attached hydrogens (tertiary/aromatic N) is 1. The van der Waals surface area contributed by atoms with E-state index in [0.29, 0.717) is 0 Å². The largest absolute Gasteiger partial charge is 0.488 e. The SMILES string of the molecule is CC(N)c1scc2c1OCCN2C. The van der Waals surface area contributed by atoms with E-state index < -0.39 is 0 Å². The Morgan fingerprint density at radius 3 is 3.15 bits per heavy atom. The minimum Gasteiger partial charge on any atom is -0.488 e. The average molecular weight is 198 g/mol. The molecule has 13 heavy (non-hydrogen) atoms. The number of anilines is 1. The lowest BCUT2D eigenvalue weighted by atomic mass is 10.2. The van der Waals surface area contributed by atoms with Crippen LogP contribution in [0.5, 0.6) is 5.75 Å². The van der Waals surface area contributed by atoms with Gasteiger partial charge in [-0.1, -0.05) is 0 Å². The van der Waals surface area contributed by atoms with Crippen molar-refractivity contribution >= 4 is 17.0 Å². The molecule has 4 heteroatoms. The number of nitrogens with two attached hydrogens (primary N) is 1. The van der Waals surface area contributed by atoms with Gasteiger partial charge >= 0.3 is 0 Å². The van der Waals surface area contributed by atoms with Crippen molar-refractivity contribution in [1.29, 1.82) is 0 Å². The van der Waals surface area contributed by atoms with E-state index >= 15 is 0 Å². The molecule has 1 atom stereocenters. The molecule has 1 aliphatic rings. The van der Waals surface area contributed by atoms with Gasteiger partial charge in [0.15, 0.2) is 5.75 Å². The molecule has 2 rings (SSSR count). The molecule has 1 aromatic heterocycles. The Kier molecular flexibility index (Phi) is 2.17. The van der Waals surface area contributed by atoms with Crippen molar-refractivity contribution in [2.45, 2.75) is 13.0 Å². The maximum atomic E-state index is 5.84. The number of thiophene rings is 1. The molecule has 0 aromatic carbocycles. The lowest BCUT2D eigenvalue weighted by Crippen LogP contribution is -2.28. The number of hydrogen-bond donors (Lipinski definition) is 1. The molecular weight excluding hydrogens is 184 g/mol. The van der Waals surface area contributed by atoms with Gasteiger partial charge in [-0.2, -0.15) is 0 Å². The molecule has 0 saturated carbocycles. The molecule has 0 aliphatic carbocycles. The van der Waals surface area contributed by atoms with E-state index in [4.69, 9.17) is 10.5 Å². The lowest BCUT2D eigenvalue weighted by Gasteiger charge is -2.26. The van der Waals surface area contributed by atoms with Crippen LogP contribution in [-0.4, -0.2) is 20.2 Å². The first-order valence-corrected chi connectivity index (χ1v) is 5.29. The summed E-state index contributed by atoms with van der Waals surface area (Å²) in [6, 6.07) is 0.0697. The lowest BCUT2D eigenvalue weighted by molar-refractivity contribution is 0.309. The van der Waals surface area contributed by atoms with Crippen LogP contribution in [0.3, 0.4) is 0 Å². The monoisotopic (exact) mass is 198 g/mol. The zero-order chi connectivity index (χ0) is 9.42. The van der Waals surface area contributed by atoms with Gasteiger partial charge in [0.2, 0.25) is 0 Å². The third kappa shape index (κ3) is 1.40. The fourth-order valence-electron chi connectivity index (χ4n) is 1.48. The topological polar surface area (TPSA) is 38.5 Å². The van der Waals surface area contributed by atoms with E-state index in [1.807, 2.05) is 6.92 Å². The van der Waals surface area contributed by atoms with Crippen LogP contribution in [-0.2, 0) is 0 Å². The number of likely N-dealkylation sites (N-methyl/N-ethyl adjacent to an activating group) is 1. The van der Waals surface area contributed by atoms with Gasteiger partial charge in [0.25, 0.3) is 0 Å². The van der Waals surface area contributed by atoms with Gasteiger partial charge in [0.1, 0.15) is 6.61 Å². The predicted molar refractivity (Wildman–Crippen MR) is 55.7 cm³/mol. The highest BCUT2D eigenvalue weighted by molar-refractivity contribution is 7.11. The molecule has 0 bridgehead atoms. The molecule has 0 spiro atoms. The molecule has 2 N–H and O–H groups in total. The summed E-state index contributed by atoms with van der Waals surface area (Å²) in [4.78, 5) is 3.36.